The van der Waals surface area contributed by atoms with Gasteiger partial charge in [-0.05, 0) is 36.8 Å². The van der Waals surface area contributed by atoms with Gasteiger partial charge in [0.2, 0.25) is 0 Å². The number of likely N-dealkylation sites (N-methyl/N-ethyl adjacent to an activating group) is 1. The van der Waals surface area contributed by atoms with Crippen LogP contribution in [0.2, 0.25) is 0 Å². The maximum absolute atomic E-state index is 12.2. The van der Waals surface area contributed by atoms with E-state index in [0.717, 1.165) is 16.0 Å². The molecule has 4 nitrogen and oxygen atoms in total. The van der Waals surface area contributed by atoms with Gasteiger partial charge in [0.05, 0.1) is 13.1 Å². The average Bonchev–Trinajstić information content (AvgIpc) is 2.56. The van der Waals surface area contributed by atoms with Crippen LogP contribution in [0.1, 0.15) is 24.1 Å². The molecule has 0 bridgehead atoms. The molecule has 0 aliphatic heterocycles. The number of carbonyl (C=O) groups is 1. The molecule has 0 aromatic heterocycles. The summed E-state index contributed by atoms with van der Waals surface area (Å²) in [6, 6.07) is 16.2. The van der Waals surface area contributed by atoms with Crippen molar-refractivity contribution in [1.29, 1.82) is 0 Å². The van der Waals surface area contributed by atoms with E-state index >= 15 is 0 Å². The molecule has 1 unspecified atom stereocenters. The number of halogens is 2. The maximum Gasteiger partial charge on any atom is 0.387 e. The van der Waals surface area contributed by atoms with E-state index < -0.39 is 6.61 Å². The zero-order valence-electron chi connectivity index (χ0n) is 14.3. The highest BCUT2D eigenvalue weighted by molar-refractivity contribution is 5.77. The molecule has 0 fully saturated rings. The van der Waals surface area contributed by atoms with E-state index in [-0.39, 0.29) is 17.7 Å². The molecule has 1 amide bonds. The van der Waals surface area contributed by atoms with Crippen molar-refractivity contribution in [2.75, 3.05) is 13.6 Å². The van der Waals surface area contributed by atoms with Crippen LogP contribution >= 0.6 is 0 Å². The molecular weight excluding hydrogens is 326 g/mol. The second kappa shape index (κ2) is 9.13. The van der Waals surface area contributed by atoms with Crippen LogP contribution in [0.3, 0.4) is 0 Å². The molecule has 25 heavy (non-hydrogen) atoms. The van der Waals surface area contributed by atoms with Crippen LogP contribution in [0, 0.1) is 0 Å². The van der Waals surface area contributed by atoms with E-state index in [1.165, 1.54) is 12.1 Å². The molecule has 6 heteroatoms. The number of benzene rings is 2. The fraction of sp³-hybridized carbons (Fsp3) is 0.316. The van der Waals surface area contributed by atoms with Gasteiger partial charge in [-0.25, -0.2) is 0 Å². The molecule has 0 aliphatic rings. The Morgan fingerprint density at radius 1 is 1.12 bits per heavy atom. The average molecular weight is 349 g/mol. The van der Waals surface area contributed by atoms with Crippen LogP contribution < -0.4 is 15.0 Å². The van der Waals surface area contributed by atoms with Crippen LogP contribution in [0.5, 0.6) is 5.75 Å². The van der Waals surface area contributed by atoms with E-state index in [2.05, 4.69) is 10.1 Å². The third kappa shape index (κ3) is 6.51. The van der Waals surface area contributed by atoms with Crippen LogP contribution in [0.4, 0.5) is 8.78 Å². The van der Waals surface area contributed by atoms with Gasteiger partial charge in [-0.1, -0.05) is 30.3 Å². The van der Waals surface area contributed by atoms with Crippen molar-refractivity contribution >= 4 is 5.91 Å². The first-order chi connectivity index (χ1) is 11.9. The van der Waals surface area contributed by atoms with E-state index in [4.69, 9.17) is 0 Å². The van der Waals surface area contributed by atoms with Crippen LogP contribution in [-0.4, -0.2) is 26.1 Å². The van der Waals surface area contributed by atoms with E-state index in [0.29, 0.717) is 13.1 Å². The largest absolute Gasteiger partial charge is 0.435 e. The van der Waals surface area contributed by atoms with Gasteiger partial charge in [0.25, 0.3) is 5.91 Å². The topological polar surface area (TPSA) is 42.8 Å². The molecular formula is C19H23F2N2O2+. The highest BCUT2D eigenvalue weighted by Crippen LogP contribution is 2.14. The quantitative estimate of drug-likeness (QED) is 0.767. The summed E-state index contributed by atoms with van der Waals surface area (Å²) in [5, 5.41) is 2.98. The van der Waals surface area contributed by atoms with E-state index in [1.807, 2.05) is 44.3 Å². The van der Waals surface area contributed by atoms with Crippen molar-refractivity contribution in [2.24, 2.45) is 0 Å². The number of quaternary nitrogens is 1. The van der Waals surface area contributed by atoms with Crippen LogP contribution in [0.15, 0.2) is 54.6 Å². The number of amides is 1. The summed E-state index contributed by atoms with van der Waals surface area (Å²) in [5.41, 5.74) is 2.01. The lowest BCUT2D eigenvalue weighted by Gasteiger charge is -2.17. The Balaban J connectivity index is 1.81. The summed E-state index contributed by atoms with van der Waals surface area (Å²) in [5.74, 6) is 0.0948. The van der Waals surface area contributed by atoms with Crippen molar-refractivity contribution in [3.63, 3.8) is 0 Å². The first-order valence-corrected chi connectivity index (χ1v) is 8.13. The molecule has 134 valence electrons. The van der Waals surface area contributed by atoms with Gasteiger partial charge in [-0.2, -0.15) is 8.78 Å². The van der Waals surface area contributed by atoms with Crippen molar-refractivity contribution in [2.45, 2.75) is 26.1 Å². The number of ether oxygens (including phenoxy) is 1. The van der Waals surface area contributed by atoms with Crippen molar-refractivity contribution < 1.29 is 23.2 Å². The zero-order chi connectivity index (χ0) is 18.2. The lowest BCUT2D eigenvalue weighted by Crippen LogP contribution is -3.08. The second-order valence-corrected chi connectivity index (χ2v) is 6.03. The summed E-state index contributed by atoms with van der Waals surface area (Å²) >= 11 is 0. The Bertz CT molecular complexity index is 663. The fourth-order valence-corrected chi connectivity index (χ4v) is 2.59. The Morgan fingerprint density at radius 3 is 2.36 bits per heavy atom. The molecule has 2 aromatic rings. The van der Waals surface area contributed by atoms with Gasteiger partial charge in [-0.15, -0.1) is 0 Å². The lowest BCUT2D eigenvalue weighted by atomic mass is 10.1. The smallest absolute Gasteiger partial charge is 0.387 e. The predicted molar refractivity (Wildman–Crippen MR) is 91.5 cm³/mol. The standard InChI is InChI=1S/C19H22F2N2O2/c1-14(16-6-4-3-5-7-16)22-18(24)13-23(2)12-15-8-10-17(11-9-15)25-19(20)21/h3-11,14,19H,12-13H2,1-2H3,(H,22,24)/p+1/t14-/m0/s1. The summed E-state index contributed by atoms with van der Waals surface area (Å²) in [6.07, 6.45) is 0. The summed E-state index contributed by atoms with van der Waals surface area (Å²) in [7, 11) is 1.91. The van der Waals surface area contributed by atoms with Gasteiger partial charge in [0.15, 0.2) is 6.54 Å². The summed E-state index contributed by atoms with van der Waals surface area (Å²) in [6.45, 7) is 0.0632. The van der Waals surface area contributed by atoms with E-state index in [9.17, 15) is 13.6 Å². The minimum atomic E-state index is -2.82. The van der Waals surface area contributed by atoms with Crippen LogP contribution in [-0.2, 0) is 11.3 Å². The van der Waals surface area contributed by atoms with Gasteiger partial charge >= 0.3 is 6.61 Å². The predicted octanol–water partition coefficient (Wildman–Crippen LogP) is 2.18. The number of alkyl halides is 2. The van der Waals surface area contributed by atoms with Crippen molar-refractivity contribution in [3.8, 4) is 5.75 Å². The van der Waals surface area contributed by atoms with Crippen molar-refractivity contribution in [3.05, 3.63) is 65.7 Å². The number of nitrogens with one attached hydrogen (secondary N) is 2. The summed E-state index contributed by atoms with van der Waals surface area (Å²) < 4.78 is 28.6. The normalized spacial score (nSPS) is 13.3. The molecule has 0 saturated heterocycles. The molecule has 0 aliphatic carbocycles. The monoisotopic (exact) mass is 349 g/mol. The molecule has 0 spiro atoms. The minimum absolute atomic E-state index is 0.0356. The third-order valence-corrected chi connectivity index (χ3v) is 3.79. The Kier molecular flexibility index (Phi) is 6.89. The zero-order valence-corrected chi connectivity index (χ0v) is 14.3. The van der Waals surface area contributed by atoms with Gasteiger partial charge in [0, 0.05) is 5.56 Å². The van der Waals surface area contributed by atoms with Gasteiger partial charge < -0.3 is 15.0 Å². The number of hydrogen-bond acceptors (Lipinski definition) is 2. The number of rotatable bonds is 8. The van der Waals surface area contributed by atoms with E-state index in [1.54, 1.807) is 12.1 Å². The minimum Gasteiger partial charge on any atom is -0.435 e. The first-order valence-electron chi connectivity index (χ1n) is 8.13. The highest BCUT2D eigenvalue weighted by atomic mass is 19.3. The van der Waals surface area contributed by atoms with Gasteiger partial charge in [-0.3, -0.25) is 4.79 Å². The first kappa shape index (κ1) is 18.9. The molecule has 0 heterocycles. The molecule has 2 aromatic carbocycles. The Morgan fingerprint density at radius 2 is 1.76 bits per heavy atom. The summed E-state index contributed by atoms with van der Waals surface area (Å²) in [4.78, 5) is 13.2. The Hall–Kier alpha value is -2.47. The third-order valence-electron chi connectivity index (χ3n) is 3.79. The maximum atomic E-state index is 12.2. The molecule has 0 saturated carbocycles. The number of carbonyl (C=O) groups excluding carboxylic acids is 1. The molecule has 2 N–H and O–H groups in total. The number of hydrogen-bond donors (Lipinski definition) is 2. The Labute approximate surface area is 146 Å². The lowest BCUT2D eigenvalue weighted by molar-refractivity contribution is -0.885. The van der Waals surface area contributed by atoms with Crippen LogP contribution in [0.25, 0.3) is 0 Å². The molecule has 2 atom stereocenters. The van der Waals surface area contributed by atoms with Crippen molar-refractivity contribution in [1.82, 2.24) is 5.32 Å². The SMILES string of the molecule is C[C@H](NC(=O)C[NH+](C)Cc1ccc(OC(F)F)cc1)c1ccccc1. The molecule has 0 radical (unpaired) electrons. The highest BCUT2D eigenvalue weighted by Gasteiger charge is 2.14. The molecule has 2 rings (SSSR count). The second-order valence-electron chi connectivity index (χ2n) is 6.03. The van der Waals surface area contributed by atoms with Gasteiger partial charge in [0.1, 0.15) is 12.3 Å². The fourth-order valence-electron chi connectivity index (χ4n) is 2.59.